The molecular weight excluding hydrogens is 601 g/mol. The van der Waals surface area contributed by atoms with Crippen molar-refractivity contribution in [1.82, 2.24) is 0 Å². The highest BCUT2D eigenvalue weighted by atomic mass is 14.2. The molecule has 0 aliphatic carbocycles. The number of hydrogen-bond acceptors (Lipinski definition) is 0. The van der Waals surface area contributed by atoms with Gasteiger partial charge >= 0.3 is 0 Å². The van der Waals surface area contributed by atoms with E-state index in [0.717, 1.165) is 0 Å². The van der Waals surface area contributed by atoms with Crippen LogP contribution in [0.2, 0.25) is 0 Å². The van der Waals surface area contributed by atoms with Crippen molar-refractivity contribution in [2.45, 2.75) is 0 Å². The van der Waals surface area contributed by atoms with Crippen LogP contribution in [0.5, 0.6) is 0 Å². The fraction of sp³-hybridized carbons (Fsp3) is 0. The van der Waals surface area contributed by atoms with Gasteiger partial charge in [-0.1, -0.05) is 175 Å². The molecule has 50 heavy (non-hydrogen) atoms. The molecule has 230 valence electrons. The van der Waals surface area contributed by atoms with Crippen LogP contribution in [0.4, 0.5) is 0 Å². The lowest BCUT2D eigenvalue weighted by Gasteiger charge is -2.15. The first kappa shape index (κ1) is 11.3. The minimum absolute atomic E-state index is 0.266. The molecule has 0 saturated carbocycles. The summed E-state index contributed by atoms with van der Waals surface area (Å²) in [7, 11) is 0. The Morgan fingerprint density at radius 3 is 0.980 bits per heavy atom. The lowest BCUT2D eigenvalue weighted by Crippen LogP contribution is -1.88. The SMILES string of the molecule is [2H]c1c([2H])c(-c2c([2H])c([2H])c(-c3c([2H])c([2H])c4c([2H])c([2H])c5c([2H])c([2H])c([2H])c6c([2H])c([2H])c3c4c56)c([2H])c2[2H])c([2H])c(-c2c([2H])c([2H])c(-c3c([2H])c([2H])c4c([2H])c([2H])c5c([2H])c([2H])c([2H])c6c([2H])c([2H])c3c4c56)c([2H])c2[2H])c1[2H]. The van der Waals surface area contributed by atoms with Crippen molar-refractivity contribution >= 4 is 64.6 Å². The van der Waals surface area contributed by atoms with E-state index >= 15 is 0 Å². The van der Waals surface area contributed by atoms with Crippen molar-refractivity contribution in [3.63, 3.8) is 0 Å². The standard InChI is InChI=1S/C50H30/c1-4-35-18-20-39-22-26-43(45-28-24-37(6-1)47(35)49(39)45)33-14-10-31(11-15-33)41-8-3-9-42(30-41)32-12-16-34(17-13-32)44-27-23-40-21-19-36-5-2-7-38-25-29-46(44)50(40)48(36)38/h1-30H/i1D,2D,3D,4D,5D,6D,7D,8D,9D,10D,11D,12D,13D,14D,15D,16D,17D,18D,19D,20D,21D,22D,23D,24D,25D,26D,27D,28D,29D,30D. The summed E-state index contributed by atoms with van der Waals surface area (Å²) in [6, 6.07) is -26.5. The van der Waals surface area contributed by atoms with E-state index in [0.29, 0.717) is 0 Å². The smallest absolute Gasteiger partial charge is 0.0610 e. The molecule has 0 heteroatoms. The average molecular weight is 661 g/mol. The summed E-state index contributed by atoms with van der Waals surface area (Å²) in [6.45, 7) is 0. The second-order valence-electron chi connectivity index (χ2n) is 11.2. The monoisotopic (exact) mass is 660 g/mol. The van der Waals surface area contributed by atoms with E-state index in [1.807, 2.05) is 0 Å². The molecule has 0 aliphatic rings. The molecule has 0 N–H and O–H groups in total. The summed E-state index contributed by atoms with van der Waals surface area (Å²) in [6.07, 6.45) is 0. The third-order valence-corrected chi connectivity index (χ3v) is 8.50. The largest absolute Gasteiger partial charge is 0.0636 e. The van der Waals surface area contributed by atoms with Crippen LogP contribution in [0, 0.1) is 0 Å². The third kappa shape index (κ3) is 4.06. The Morgan fingerprint density at radius 2 is 0.560 bits per heavy atom. The maximum atomic E-state index is 9.51. The molecule has 0 nitrogen and oxygen atoms in total. The predicted molar refractivity (Wildman–Crippen MR) is 216 cm³/mol. The average Bonchev–Trinajstić information content (AvgIpc) is 2.76. The molecule has 11 aromatic carbocycles. The van der Waals surface area contributed by atoms with Gasteiger partial charge in [-0.3, -0.25) is 0 Å². The quantitative estimate of drug-likeness (QED) is 0.165. The van der Waals surface area contributed by atoms with Crippen molar-refractivity contribution in [3.05, 3.63) is 181 Å². The first-order valence-electron chi connectivity index (χ1n) is 30.0. The van der Waals surface area contributed by atoms with Gasteiger partial charge < -0.3 is 0 Å². The van der Waals surface area contributed by atoms with Gasteiger partial charge in [-0.2, -0.15) is 0 Å². The van der Waals surface area contributed by atoms with Gasteiger partial charge in [-0.15, -0.1) is 0 Å². The van der Waals surface area contributed by atoms with Crippen molar-refractivity contribution in [3.8, 4) is 44.5 Å². The van der Waals surface area contributed by atoms with E-state index in [2.05, 4.69) is 0 Å². The van der Waals surface area contributed by atoms with Gasteiger partial charge in [-0.05, 0) is 115 Å². The van der Waals surface area contributed by atoms with Gasteiger partial charge in [0.05, 0.1) is 41.1 Å². The Balaban J connectivity index is 1.19. The molecule has 11 rings (SSSR count). The van der Waals surface area contributed by atoms with Gasteiger partial charge in [0, 0.05) is 0 Å². The minimum Gasteiger partial charge on any atom is -0.0610 e. The summed E-state index contributed by atoms with van der Waals surface area (Å²) in [5.41, 5.74) is -6.49. The summed E-state index contributed by atoms with van der Waals surface area (Å²) in [5.74, 6) is 0. The molecule has 0 aliphatic heterocycles. The summed E-state index contributed by atoms with van der Waals surface area (Å²) < 4.78 is 271. The van der Waals surface area contributed by atoms with E-state index in [1.165, 1.54) is 0 Å². The normalized spacial score (nSPS) is 20.4. The lowest BCUT2D eigenvalue weighted by molar-refractivity contribution is 1.58. The minimum atomic E-state index is -1.09. The highest BCUT2D eigenvalue weighted by molar-refractivity contribution is 6.26. The van der Waals surface area contributed by atoms with E-state index in [-0.39, 0.29) is 21.5 Å². The number of benzene rings is 11. The molecule has 0 amide bonds. The van der Waals surface area contributed by atoms with E-state index < -0.39 is 269 Å². The molecule has 0 spiro atoms. The Kier molecular flexibility index (Phi) is 2.37. The molecule has 0 fully saturated rings. The van der Waals surface area contributed by atoms with Crippen LogP contribution in [0.25, 0.3) is 109 Å². The fourth-order valence-electron chi connectivity index (χ4n) is 6.22. The molecule has 11 aromatic rings. The van der Waals surface area contributed by atoms with Crippen LogP contribution in [-0.4, -0.2) is 0 Å². The first-order valence-corrected chi connectivity index (χ1v) is 15.0. The maximum absolute atomic E-state index is 9.51. The molecule has 0 unspecified atom stereocenters. The number of hydrogen-bond donors (Lipinski definition) is 0. The van der Waals surface area contributed by atoms with E-state index in [4.69, 9.17) is 23.3 Å². The van der Waals surface area contributed by atoms with Crippen LogP contribution in [0.3, 0.4) is 0 Å². The predicted octanol–water partition coefficient (Wildman–Crippen LogP) is 14.1. The van der Waals surface area contributed by atoms with Crippen LogP contribution in [0.1, 0.15) is 41.1 Å². The fourth-order valence-corrected chi connectivity index (χ4v) is 6.22. The maximum Gasteiger partial charge on any atom is 0.0636 e. The zero-order chi connectivity index (χ0) is 58.9. The van der Waals surface area contributed by atoms with Crippen LogP contribution >= 0.6 is 0 Å². The van der Waals surface area contributed by atoms with Crippen LogP contribution < -0.4 is 0 Å². The Hall–Kier alpha value is -6.50. The molecular formula is C50H30. The van der Waals surface area contributed by atoms with Gasteiger partial charge in [-0.25, -0.2) is 0 Å². The van der Waals surface area contributed by atoms with E-state index in [9.17, 15) is 17.8 Å². The zero-order valence-corrected chi connectivity index (χ0v) is 25.0. The molecule has 0 aromatic heterocycles. The zero-order valence-electron chi connectivity index (χ0n) is 55.0. The molecule has 0 heterocycles. The molecule has 0 bridgehead atoms. The Labute approximate surface area is 332 Å². The van der Waals surface area contributed by atoms with Crippen molar-refractivity contribution in [1.29, 1.82) is 0 Å². The van der Waals surface area contributed by atoms with Crippen LogP contribution in [0.15, 0.2) is 181 Å². The highest BCUT2D eigenvalue weighted by Crippen LogP contribution is 2.41. The lowest BCUT2D eigenvalue weighted by atomic mass is 9.89. The van der Waals surface area contributed by atoms with Gasteiger partial charge in [0.1, 0.15) is 0 Å². The number of rotatable bonds is 4. The summed E-state index contributed by atoms with van der Waals surface area (Å²) in [5, 5.41) is -4.64. The van der Waals surface area contributed by atoms with Crippen molar-refractivity contribution < 1.29 is 41.1 Å². The second kappa shape index (κ2) is 10.5. The van der Waals surface area contributed by atoms with Crippen molar-refractivity contribution in [2.75, 3.05) is 0 Å². The third-order valence-electron chi connectivity index (χ3n) is 8.50. The van der Waals surface area contributed by atoms with Gasteiger partial charge in [0.2, 0.25) is 0 Å². The van der Waals surface area contributed by atoms with Gasteiger partial charge in [0.25, 0.3) is 0 Å². The summed E-state index contributed by atoms with van der Waals surface area (Å²) >= 11 is 0. The Morgan fingerprint density at radius 1 is 0.240 bits per heavy atom. The van der Waals surface area contributed by atoms with Crippen LogP contribution in [-0.2, 0) is 0 Å². The van der Waals surface area contributed by atoms with E-state index in [1.54, 1.807) is 0 Å². The Bertz CT molecular complexity index is 4410. The highest BCUT2D eigenvalue weighted by Gasteiger charge is 2.14. The molecule has 0 radical (unpaired) electrons. The molecule has 0 atom stereocenters. The van der Waals surface area contributed by atoms with Crippen molar-refractivity contribution in [2.24, 2.45) is 0 Å². The second-order valence-corrected chi connectivity index (χ2v) is 11.2. The molecule has 0 saturated heterocycles. The topological polar surface area (TPSA) is 0 Å². The summed E-state index contributed by atoms with van der Waals surface area (Å²) in [4.78, 5) is 0. The van der Waals surface area contributed by atoms with Gasteiger partial charge in [0.15, 0.2) is 0 Å². The first-order chi connectivity index (χ1) is 37.3.